The Bertz CT molecular complexity index is 739. The number of rotatable bonds is 3. The lowest BCUT2D eigenvalue weighted by molar-refractivity contribution is -0.0913. The third kappa shape index (κ3) is 2.11. The lowest BCUT2D eigenvalue weighted by atomic mass is 9.56. The van der Waals surface area contributed by atoms with Crippen LogP contribution in [-0.4, -0.2) is 19.3 Å². The van der Waals surface area contributed by atoms with E-state index in [4.69, 9.17) is 13.7 Å². The van der Waals surface area contributed by atoms with Gasteiger partial charge < -0.3 is 13.7 Å². The van der Waals surface area contributed by atoms with E-state index in [0.717, 1.165) is 36.1 Å². The normalized spacial score (nSPS) is 35.4. The fourth-order valence-corrected chi connectivity index (χ4v) is 5.05. The lowest BCUT2D eigenvalue weighted by Gasteiger charge is -2.53. The molecule has 4 fully saturated rings. The highest BCUT2D eigenvalue weighted by atomic mass is 16.7. The lowest BCUT2D eigenvalue weighted by Crippen LogP contribution is -2.53. The Morgan fingerprint density at radius 1 is 1.22 bits per heavy atom. The minimum atomic E-state index is -0.0366. The van der Waals surface area contributed by atoms with Gasteiger partial charge in [0.05, 0.1) is 18.5 Å². The van der Waals surface area contributed by atoms with Crippen molar-refractivity contribution in [2.24, 2.45) is 17.8 Å². The van der Waals surface area contributed by atoms with Crippen molar-refractivity contribution in [3.63, 3.8) is 0 Å². The Labute approximate surface area is 137 Å². The van der Waals surface area contributed by atoms with Crippen LogP contribution in [0.4, 0.5) is 0 Å². The van der Waals surface area contributed by atoms with Crippen molar-refractivity contribution in [3.8, 4) is 0 Å². The van der Waals surface area contributed by atoms with Crippen LogP contribution in [0.25, 0.3) is 11.0 Å². The fraction of sp³-hybridized carbons (Fsp3) is 0.579. The first-order valence-corrected chi connectivity index (χ1v) is 8.97. The van der Waals surface area contributed by atoms with Crippen molar-refractivity contribution < 1.29 is 13.7 Å². The first kappa shape index (κ1) is 14.1. The summed E-state index contributed by atoms with van der Waals surface area (Å²) in [6.07, 6.45) is 7.02. The SMILES string of the molecule is Cc1cccc2occ(CCB3OC4CC5CC(C5C)C4O3)c12. The van der Waals surface area contributed by atoms with Crippen LogP contribution >= 0.6 is 0 Å². The van der Waals surface area contributed by atoms with Gasteiger partial charge in [0, 0.05) is 5.39 Å². The third-order valence-corrected chi connectivity index (χ3v) is 6.49. The maximum absolute atomic E-state index is 6.27. The van der Waals surface area contributed by atoms with Gasteiger partial charge in [-0.3, -0.25) is 0 Å². The van der Waals surface area contributed by atoms with E-state index in [-0.39, 0.29) is 7.12 Å². The topological polar surface area (TPSA) is 31.6 Å². The molecule has 1 aromatic carbocycles. The Kier molecular flexibility index (Phi) is 3.14. The highest BCUT2D eigenvalue weighted by molar-refractivity contribution is 6.45. The molecule has 23 heavy (non-hydrogen) atoms. The van der Waals surface area contributed by atoms with E-state index in [1.54, 1.807) is 0 Å². The summed E-state index contributed by atoms with van der Waals surface area (Å²) in [4.78, 5) is 0. The summed E-state index contributed by atoms with van der Waals surface area (Å²) in [6, 6.07) is 6.23. The molecule has 3 aliphatic carbocycles. The van der Waals surface area contributed by atoms with Crippen molar-refractivity contribution in [1.29, 1.82) is 0 Å². The van der Waals surface area contributed by atoms with Crippen LogP contribution in [0.3, 0.4) is 0 Å². The summed E-state index contributed by atoms with van der Waals surface area (Å²) in [5.74, 6) is 2.45. The molecule has 1 saturated heterocycles. The maximum atomic E-state index is 6.27. The summed E-state index contributed by atoms with van der Waals surface area (Å²) in [5.41, 5.74) is 3.54. The molecule has 5 atom stereocenters. The van der Waals surface area contributed by atoms with Gasteiger partial charge in [0.25, 0.3) is 0 Å². The van der Waals surface area contributed by atoms with Crippen LogP contribution in [0.1, 0.15) is 30.9 Å². The number of furan rings is 1. The third-order valence-electron chi connectivity index (χ3n) is 6.49. The molecular formula is C19H23BO3. The highest BCUT2D eigenvalue weighted by Gasteiger charge is 2.56. The zero-order valence-electron chi connectivity index (χ0n) is 13.8. The maximum Gasteiger partial charge on any atom is 0.457 e. The molecule has 3 nitrogen and oxygen atoms in total. The molecule has 3 saturated carbocycles. The van der Waals surface area contributed by atoms with E-state index in [0.29, 0.717) is 12.2 Å². The Morgan fingerprint density at radius 3 is 3.00 bits per heavy atom. The Hall–Kier alpha value is -1.26. The second kappa shape index (κ2) is 5.12. The van der Waals surface area contributed by atoms with E-state index < -0.39 is 0 Å². The number of hydrogen-bond donors (Lipinski definition) is 0. The van der Waals surface area contributed by atoms with Crippen LogP contribution in [0, 0.1) is 24.7 Å². The molecule has 2 heterocycles. The van der Waals surface area contributed by atoms with E-state index in [9.17, 15) is 0 Å². The van der Waals surface area contributed by atoms with Crippen LogP contribution < -0.4 is 0 Å². The Balaban J connectivity index is 1.28. The highest BCUT2D eigenvalue weighted by Crippen LogP contribution is 2.54. The summed E-state index contributed by atoms with van der Waals surface area (Å²) in [5, 5.41) is 1.26. The van der Waals surface area contributed by atoms with Crippen LogP contribution in [0.15, 0.2) is 28.9 Å². The van der Waals surface area contributed by atoms with Gasteiger partial charge in [-0.25, -0.2) is 0 Å². The molecule has 4 aliphatic rings. The fourth-order valence-electron chi connectivity index (χ4n) is 5.05. The number of fused-ring (bicyclic) bond motifs is 1. The summed E-state index contributed by atoms with van der Waals surface area (Å²) < 4.78 is 18.2. The van der Waals surface area contributed by atoms with E-state index in [1.807, 2.05) is 18.4 Å². The van der Waals surface area contributed by atoms with E-state index >= 15 is 0 Å². The quantitative estimate of drug-likeness (QED) is 0.795. The molecule has 2 bridgehead atoms. The van der Waals surface area contributed by atoms with Gasteiger partial charge in [0.15, 0.2) is 0 Å². The minimum Gasteiger partial charge on any atom is -0.464 e. The van der Waals surface area contributed by atoms with Gasteiger partial charge in [-0.1, -0.05) is 19.1 Å². The van der Waals surface area contributed by atoms with Crippen LogP contribution in [-0.2, 0) is 15.7 Å². The van der Waals surface area contributed by atoms with E-state index in [2.05, 4.69) is 19.9 Å². The van der Waals surface area contributed by atoms with Crippen LogP contribution in [0.2, 0.25) is 6.32 Å². The molecule has 0 amide bonds. The van der Waals surface area contributed by atoms with E-state index in [1.165, 1.54) is 29.4 Å². The smallest absolute Gasteiger partial charge is 0.457 e. The molecule has 1 aromatic heterocycles. The molecular weight excluding hydrogens is 287 g/mol. The van der Waals surface area contributed by atoms with Crippen molar-refractivity contribution in [1.82, 2.24) is 0 Å². The zero-order chi connectivity index (χ0) is 15.6. The second-order valence-corrected chi connectivity index (χ2v) is 7.71. The predicted molar refractivity (Wildman–Crippen MR) is 90.3 cm³/mol. The number of benzene rings is 1. The molecule has 6 rings (SSSR count). The molecule has 0 N–H and O–H groups in total. The monoisotopic (exact) mass is 310 g/mol. The second-order valence-electron chi connectivity index (χ2n) is 7.71. The van der Waals surface area contributed by atoms with Crippen molar-refractivity contribution in [2.75, 3.05) is 0 Å². The van der Waals surface area contributed by atoms with Crippen LogP contribution in [0.5, 0.6) is 0 Å². The number of aryl methyl sites for hydroxylation is 2. The van der Waals surface area contributed by atoms with Gasteiger partial charge in [-0.2, -0.15) is 0 Å². The van der Waals surface area contributed by atoms with Crippen molar-refractivity contribution in [3.05, 3.63) is 35.6 Å². The molecule has 1 aliphatic heterocycles. The average Bonchev–Trinajstić information content (AvgIpc) is 3.16. The molecule has 0 spiro atoms. The molecule has 120 valence electrons. The van der Waals surface area contributed by atoms with Gasteiger partial charge in [-0.05, 0) is 67.5 Å². The molecule has 0 radical (unpaired) electrons. The van der Waals surface area contributed by atoms with Gasteiger partial charge in [0.1, 0.15) is 5.58 Å². The van der Waals surface area contributed by atoms with Crippen molar-refractivity contribution in [2.45, 2.75) is 51.6 Å². The summed E-state index contributed by atoms with van der Waals surface area (Å²) in [7, 11) is -0.0366. The van der Waals surface area contributed by atoms with Gasteiger partial charge >= 0.3 is 7.12 Å². The standard InChI is InChI=1S/C19H23BO3/c1-11-4-3-5-16-18(11)13(10-21-16)6-7-20-22-17-9-14-8-15(12(14)2)19(17)23-20/h3-5,10,12,14-15,17,19H,6-9H2,1-2H3. The number of hydrogen-bond acceptors (Lipinski definition) is 3. The predicted octanol–water partition coefficient (Wildman–Crippen LogP) is 4.23. The van der Waals surface area contributed by atoms with Crippen molar-refractivity contribution >= 4 is 18.1 Å². The summed E-state index contributed by atoms with van der Waals surface area (Å²) in [6.45, 7) is 4.53. The molecule has 5 unspecified atom stereocenters. The molecule has 4 heteroatoms. The largest absolute Gasteiger partial charge is 0.464 e. The first-order valence-electron chi connectivity index (χ1n) is 8.97. The van der Waals surface area contributed by atoms with Gasteiger partial charge in [0.2, 0.25) is 0 Å². The molecule has 2 aromatic rings. The van der Waals surface area contributed by atoms with Gasteiger partial charge in [-0.15, -0.1) is 0 Å². The minimum absolute atomic E-state index is 0.0366. The summed E-state index contributed by atoms with van der Waals surface area (Å²) >= 11 is 0. The first-order chi connectivity index (χ1) is 11.2. The average molecular weight is 310 g/mol. The zero-order valence-corrected chi connectivity index (χ0v) is 13.8. The Morgan fingerprint density at radius 2 is 2.13 bits per heavy atom.